The van der Waals surface area contributed by atoms with Gasteiger partial charge in [0.2, 0.25) is 0 Å². The molecule has 0 bridgehead atoms. The third kappa shape index (κ3) is 3.13. The number of rotatable bonds is 3. The molecule has 0 unspecified atom stereocenters. The fourth-order valence-electron chi connectivity index (χ4n) is 5.92. The normalized spacial score (nSPS) is 15.4. The summed E-state index contributed by atoms with van der Waals surface area (Å²) in [5.74, 6) is 0.943. The van der Waals surface area contributed by atoms with Gasteiger partial charge < -0.3 is 20.4 Å². The average molecular weight is 429 g/mol. The van der Waals surface area contributed by atoms with Crippen molar-refractivity contribution in [1.82, 2.24) is 0 Å². The quantitative estimate of drug-likeness (QED) is 0.293. The molecule has 0 saturated heterocycles. The fourth-order valence-corrected chi connectivity index (χ4v) is 5.92. The van der Waals surface area contributed by atoms with Gasteiger partial charge in [-0.15, -0.1) is 0 Å². The molecule has 4 aromatic carbocycles. The van der Waals surface area contributed by atoms with Crippen LogP contribution in [0.25, 0.3) is 21.5 Å². The Morgan fingerprint density at radius 1 is 0.625 bits per heavy atom. The molecule has 0 atom stereocenters. The van der Waals surface area contributed by atoms with Crippen LogP contribution in [0.2, 0.25) is 0 Å². The Morgan fingerprint density at radius 2 is 1.09 bits per heavy atom. The summed E-state index contributed by atoms with van der Waals surface area (Å²) in [6, 6.07) is 17.4. The molecule has 1 aliphatic rings. The standard InChI is InChI=1S/C28H28O4/c1-28(19-5-3-2-4-6-19,26-22-11-9-20(29)15-17(22)7-13-24(26)31)27-23-12-10-21(30)16-18(23)8-14-25(27)32/h7-16,19,29-32H,2-6H2,1H3. The molecule has 32 heavy (non-hydrogen) atoms. The van der Waals surface area contributed by atoms with Gasteiger partial charge in [0, 0.05) is 16.5 Å². The van der Waals surface area contributed by atoms with Crippen LogP contribution >= 0.6 is 0 Å². The largest absolute Gasteiger partial charge is 0.508 e. The molecule has 1 aliphatic carbocycles. The first-order valence-electron chi connectivity index (χ1n) is 11.3. The van der Waals surface area contributed by atoms with E-state index in [-0.39, 0.29) is 28.9 Å². The van der Waals surface area contributed by atoms with Gasteiger partial charge in [0.15, 0.2) is 0 Å². The molecule has 4 nitrogen and oxygen atoms in total. The van der Waals surface area contributed by atoms with Gasteiger partial charge in [-0.25, -0.2) is 0 Å². The molecule has 0 aliphatic heterocycles. The zero-order valence-corrected chi connectivity index (χ0v) is 18.2. The summed E-state index contributed by atoms with van der Waals surface area (Å²) < 4.78 is 0. The first-order valence-corrected chi connectivity index (χ1v) is 11.3. The smallest absolute Gasteiger partial charge is 0.120 e. The van der Waals surface area contributed by atoms with Crippen LogP contribution in [0.5, 0.6) is 23.0 Å². The van der Waals surface area contributed by atoms with E-state index in [0.29, 0.717) is 0 Å². The molecule has 4 aromatic rings. The highest BCUT2D eigenvalue weighted by molar-refractivity contribution is 5.94. The topological polar surface area (TPSA) is 80.9 Å². The molecule has 0 spiro atoms. The molecule has 0 radical (unpaired) electrons. The van der Waals surface area contributed by atoms with E-state index in [1.165, 1.54) is 6.42 Å². The lowest BCUT2D eigenvalue weighted by Crippen LogP contribution is -2.35. The van der Waals surface area contributed by atoms with Crippen molar-refractivity contribution < 1.29 is 20.4 Å². The second-order valence-electron chi connectivity index (χ2n) is 9.27. The number of aromatic hydroxyl groups is 4. The number of phenolic OH excluding ortho intramolecular Hbond substituents is 4. The Balaban J connectivity index is 1.90. The zero-order valence-electron chi connectivity index (χ0n) is 18.2. The summed E-state index contributed by atoms with van der Waals surface area (Å²) in [6.07, 6.45) is 5.41. The van der Waals surface area contributed by atoms with Crippen LogP contribution in [0, 0.1) is 5.92 Å². The van der Waals surface area contributed by atoms with Crippen LogP contribution < -0.4 is 0 Å². The van der Waals surface area contributed by atoms with Gasteiger partial charge in [0.25, 0.3) is 0 Å². The maximum Gasteiger partial charge on any atom is 0.120 e. The van der Waals surface area contributed by atoms with Crippen molar-refractivity contribution in [2.75, 3.05) is 0 Å². The summed E-state index contributed by atoms with van der Waals surface area (Å²) in [5.41, 5.74) is 0.872. The van der Waals surface area contributed by atoms with Gasteiger partial charge in [0.05, 0.1) is 0 Å². The number of fused-ring (bicyclic) bond motifs is 2. The van der Waals surface area contributed by atoms with Gasteiger partial charge >= 0.3 is 0 Å². The maximum atomic E-state index is 11.2. The van der Waals surface area contributed by atoms with Crippen molar-refractivity contribution in [1.29, 1.82) is 0 Å². The monoisotopic (exact) mass is 428 g/mol. The van der Waals surface area contributed by atoms with E-state index >= 15 is 0 Å². The molecule has 0 amide bonds. The predicted octanol–water partition coefficient (Wildman–Crippen LogP) is 6.70. The van der Waals surface area contributed by atoms with Crippen LogP contribution in [0.1, 0.15) is 50.2 Å². The highest BCUT2D eigenvalue weighted by Gasteiger charge is 2.43. The van der Waals surface area contributed by atoms with Crippen molar-refractivity contribution in [3.05, 3.63) is 71.8 Å². The summed E-state index contributed by atoms with van der Waals surface area (Å²) >= 11 is 0. The van der Waals surface area contributed by atoms with Crippen molar-refractivity contribution in [3.8, 4) is 23.0 Å². The van der Waals surface area contributed by atoms with Gasteiger partial charge in [-0.2, -0.15) is 0 Å². The van der Waals surface area contributed by atoms with Crippen molar-refractivity contribution >= 4 is 21.5 Å². The van der Waals surface area contributed by atoms with Crippen LogP contribution in [0.15, 0.2) is 60.7 Å². The highest BCUT2D eigenvalue weighted by atomic mass is 16.3. The van der Waals surface area contributed by atoms with E-state index < -0.39 is 5.41 Å². The number of hydrogen-bond donors (Lipinski definition) is 4. The lowest BCUT2D eigenvalue weighted by molar-refractivity contribution is 0.247. The molecule has 1 fully saturated rings. The molecular weight excluding hydrogens is 400 g/mol. The van der Waals surface area contributed by atoms with Crippen molar-refractivity contribution in [2.24, 2.45) is 5.92 Å². The lowest BCUT2D eigenvalue weighted by atomic mass is 9.60. The Morgan fingerprint density at radius 3 is 1.56 bits per heavy atom. The van der Waals surface area contributed by atoms with Crippen molar-refractivity contribution in [2.45, 2.75) is 44.4 Å². The van der Waals surface area contributed by atoms with Gasteiger partial charge in [-0.3, -0.25) is 0 Å². The molecule has 5 rings (SSSR count). The van der Waals surface area contributed by atoms with Crippen molar-refractivity contribution in [3.63, 3.8) is 0 Å². The van der Waals surface area contributed by atoms with E-state index in [4.69, 9.17) is 0 Å². The van der Waals surface area contributed by atoms with Crippen LogP contribution in [-0.2, 0) is 5.41 Å². The number of phenols is 4. The minimum absolute atomic E-state index is 0.178. The van der Waals surface area contributed by atoms with E-state index in [1.54, 1.807) is 36.4 Å². The molecule has 4 N–H and O–H groups in total. The Hall–Kier alpha value is -3.40. The molecule has 0 aromatic heterocycles. The number of hydrogen-bond acceptors (Lipinski definition) is 4. The molecule has 4 heteroatoms. The summed E-state index contributed by atoms with van der Waals surface area (Å²) in [5, 5.41) is 46.0. The van der Waals surface area contributed by atoms with Crippen LogP contribution in [0.3, 0.4) is 0 Å². The summed E-state index contributed by atoms with van der Waals surface area (Å²) in [7, 11) is 0. The first kappa shape index (κ1) is 20.5. The average Bonchev–Trinajstić information content (AvgIpc) is 2.79. The fraction of sp³-hybridized carbons (Fsp3) is 0.286. The molecule has 164 valence electrons. The molecular formula is C28H28O4. The lowest BCUT2D eigenvalue weighted by Gasteiger charge is -2.42. The van der Waals surface area contributed by atoms with E-state index in [0.717, 1.165) is 58.4 Å². The van der Waals surface area contributed by atoms with Gasteiger partial charge in [-0.1, -0.05) is 50.5 Å². The van der Waals surface area contributed by atoms with E-state index in [9.17, 15) is 20.4 Å². The van der Waals surface area contributed by atoms with Gasteiger partial charge in [0.1, 0.15) is 23.0 Å². The number of benzene rings is 4. The van der Waals surface area contributed by atoms with Gasteiger partial charge in [-0.05, 0) is 76.7 Å². The van der Waals surface area contributed by atoms with Crippen LogP contribution in [-0.4, -0.2) is 20.4 Å². The maximum absolute atomic E-state index is 11.2. The Labute approximate surface area is 187 Å². The van der Waals surface area contributed by atoms with Crippen LogP contribution in [0.4, 0.5) is 0 Å². The third-order valence-corrected chi connectivity index (χ3v) is 7.42. The second kappa shape index (κ2) is 7.63. The second-order valence-corrected chi connectivity index (χ2v) is 9.27. The minimum Gasteiger partial charge on any atom is -0.508 e. The minimum atomic E-state index is -0.679. The SMILES string of the molecule is CC(c1c(O)ccc2cc(O)ccc12)(c1c(O)ccc2cc(O)ccc12)C1CCCCC1. The third-order valence-electron chi connectivity index (χ3n) is 7.42. The Bertz CT molecular complexity index is 1230. The summed E-state index contributed by atoms with van der Waals surface area (Å²) in [6.45, 7) is 2.13. The first-order chi connectivity index (χ1) is 15.4. The summed E-state index contributed by atoms with van der Waals surface area (Å²) in [4.78, 5) is 0. The highest BCUT2D eigenvalue weighted by Crippen LogP contribution is 2.54. The van der Waals surface area contributed by atoms with E-state index in [2.05, 4.69) is 6.92 Å². The zero-order chi connectivity index (χ0) is 22.5. The predicted molar refractivity (Wildman–Crippen MR) is 128 cm³/mol. The molecule has 1 saturated carbocycles. The van der Waals surface area contributed by atoms with E-state index in [1.807, 2.05) is 24.3 Å². The molecule has 0 heterocycles. The Kier molecular flexibility index (Phi) is 4.89.